The predicted molar refractivity (Wildman–Crippen MR) is 46.7 cm³/mol. The molecule has 64 valence electrons. The first-order chi connectivity index (χ1) is 5.26. The normalized spacial score (nSPS) is 20.3. The maximum absolute atomic E-state index is 2.41. The van der Waals surface area contributed by atoms with Crippen molar-refractivity contribution in [3.05, 3.63) is 0 Å². The molecule has 0 aliphatic carbocycles. The Hall–Kier alpha value is -0.570. The number of hydrogen-bond acceptors (Lipinski definition) is 2. The van der Waals surface area contributed by atoms with Crippen LogP contribution in [0.15, 0.2) is 0 Å². The van der Waals surface area contributed by atoms with E-state index in [1.165, 1.54) is 0 Å². The maximum atomic E-state index is 2.41. The van der Waals surface area contributed by atoms with E-state index in [1.54, 1.807) is 0 Å². The van der Waals surface area contributed by atoms with Crippen LogP contribution in [0.4, 0.5) is 0 Å². The fraction of sp³-hybridized carbons (Fsp3) is 0.875. The number of rotatable bonds is 2. The third-order valence-electron chi connectivity index (χ3n) is 2.02. The van der Waals surface area contributed by atoms with Gasteiger partial charge in [-0.1, -0.05) is 6.92 Å². The fourth-order valence-corrected chi connectivity index (χ4v) is 1.35. The van der Waals surface area contributed by atoms with Crippen LogP contribution in [0.3, 0.4) is 0 Å². The maximum Gasteiger partial charge on any atom is 0.236 e. The topological polar surface area (TPSA) is 9.49 Å². The first kappa shape index (κ1) is 8.53. The third-order valence-corrected chi connectivity index (χ3v) is 2.02. The van der Waals surface area contributed by atoms with Crippen LogP contribution in [0.1, 0.15) is 13.8 Å². The zero-order valence-corrected chi connectivity index (χ0v) is 7.75. The summed E-state index contributed by atoms with van der Waals surface area (Å²) in [6.45, 7) is 8.76. The summed E-state index contributed by atoms with van der Waals surface area (Å²) in [6.07, 6.45) is 2.19. The minimum atomic E-state index is 1.06. The Morgan fingerprint density at radius 1 is 1.45 bits per heavy atom. The van der Waals surface area contributed by atoms with Crippen LogP contribution in [0.5, 0.6) is 0 Å². The Morgan fingerprint density at radius 3 is 2.73 bits per heavy atom. The van der Waals surface area contributed by atoms with E-state index in [4.69, 9.17) is 0 Å². The monoisotopic (exact) mass is 156 g/mol. The Labute approximate surface area is 68.9 Å². The smallest absolute Gasteiger partial charge is 0.236 e. The van der Waals surface area contributed by atoms with Crippen molar-refractivity contribution in [3.8, 4) is 0 Å². The van der Waals surface area contributed by atoms with Gasteiger partial charge in [-0.15, -0.1) is 0 Å². The molecule has 0 saturated heterocycles. The van der Waals surface area contributed by atoms with Crippen LogP contribution >= 0.6 is 0 Å². The van der Waals surface area contributed by atoms with Crippen LogP contribution in [0, 0.1) is 0 Å². The van der Waals surface area contributed by atoms with Crippen LogP contribution in [-0.2, 0) is 0 Å². The molecule has 1 heterocycles. The number of nitrogens with zero attached hydrogens (tertiary/aromatic N) is 3. The van der Waals surface area contributed by atoms with Crippen molar-refractivity contribution in [3.63, 3.8) is 0 Å². The van der Waals surface area contributed by atoms with Crippen molar-refractivity contribution in [1.82, 2.24) is 9.80 Å². The van der Waals surface area contributed by atoms with E-state index in [0.29, 0.717) is 0 Å². The van der Waals surface area contributed by atoms with Crippen LogP contribution < -0.4 is 0 Å². The molecule has 1 rings (SSSR count). The van der Waals surface area contributed by atoms with E-state index in [9.17, 15) is 0 Å². The lowest BCUT2D eigenvalue weighted by atomic mass is 10.5. The molecular weight excluding hydrogens is 138 g/mol. The Morgan fingerprint density at radius 2 is 2.18 bits per heavy atom. The average Bonchev–Trinajstić information content (AvgIpc) is 2.03. The first-order valence-electron chi connectivity index (χ1n) is 4.28. The van der Waals surface area contributed by atoms with Crippen molar-refractivity contribution in [1.29, 1.82) is 0 Å². The zero-order valence-electron chi connectivity index (χ0n) is 7.75. The van der Waals surface area contributed by atoms with Crippen molar-refractivity contribution in [2.45, 2.75) is 13.8 Å². The van der Waals surface area contributed by atoms with Gasteiger partial charge in [-0.05, 0) is 6.92 Å². The van der Waals surface area contributed by atoms with E-state index in [-0.39, 0.29) is 0 Å². The highest BCUT2D eigenvalue weighted by Crippen LogP contribution is 1.95. The number of hydrogen-bond donors (Lipinski definition) is 0. The van der Waals surface area contributed by atoms with Crippen molar-refractivity contribution >= 4 is 6.34 Å². The molecule has 0 amide bonds. The molecule has 0 aromatic carbocycles. The Kier molecular flexibility index (Phi) is 2.88. The highest BCUT2D eigenvalue weighted by atomic mass is 15.4. The van der Waals surface area contributed by atoms with Gasteiger partial charge in [-0.2, -0.15) is 0 Å². The molecule has 3 nitrogen and oxygen atoms in total. The van der Waals surface area contributed by atoms with Crippen LogP contribution in [0.25, 0.3) is 0 Å². The molecule has 0 saturated carbocycles. The van der Waals surface area contributed by atoms with Gasteiger partial charge >= 0.3 is 0 Å². The summed E-state index contributed by atoms with van der Waals surface area (Å²) in [7, 11) is 2.12. The molecule has 0 aromatic rings. The SMILES string of the molecule is CCN1CN(C)C=[N+](CC)C1. The minimum absolute atomic E-state index is 1.06. The molecule has 0 fully saturated rings. The molecule has 0 N–H and O–H groups in total. The Balaban J connectivity index is 2.54. The molecule has 3 heteroatoms. The quantitative estimate of drug-likeness (QED) is 0.529. The molecule has 0 unspecified atom stereocenters. The fourth-order valence-electron chi connectivity index (χ4n) is 1.35. The predicted octanol–water partition coefficient (Wildman–Crippen LogP) is 0.229. The highest BCUT2D eigenvalue weighted by Gasteiger charge is 2.16. The van der Waals surface area contributed by atoms with Crippen LogP contribution in [0.2, 0.25) is 0 Å². The van der Waals surface area contributed by atoms with Gasteiger partial charge in [0.1, 0.15) is 13.3 Å². The summed E-state index contributed by atoms with van der Waals surface area (Å²) in [5.74, 6) is 0. The molecule has 1 aliphatic rings. The highest BCUT2D eigenvalue weighted by molar-refractivity contribution is 5.48. The summed E-state index contributed by atoms with van der Waals surface area (Å²) in [4.78, 5) is 4.62. The molecule has 0 bridgehead atoms. The second-order valence-corrected chi connectivity index (χ2v) is 3.05. The summed E-state index contributed by atoms with van der Waals surface area (Å²) >= 11 is 0. The summed E-state index contributed by atoms with van der Waals surface area (Å²) in [5.41, 5.74) is 0. The second-order valence-electron chi connectivity index (χ2n) is 3.05. The van der Waals surface area contributed by atoms with E-state index in [0.717, 1.165) is 26.4 Å². The molecule has 1 aliphatic heterocycles. The van der Waals surface area contributed by atoms with Gasteiger partial charge in [0.05, 0.1) is 13.6 Å². The van der Waals surface area contributed by atoms with Gasteiger partial charge in [0.15, 0.2) is 0 Å². The van der Waals surface area contributed by atoms with E-state index < -0.39 is 0 Å². The lowest BCUT2D eigenvalue weighted by Gasteiger charge is -2.26. The zero-order chi connectivity index (χ0) is 8.27. The van der Waals surface area contributed by atoms with Gasteiger partial charge in [0.2, 0.25) is 6.34 Å². The van der Waals surface area contributed by atoms with Gasteiger partial charge in [0, 0.05) is 6.54 Å². The standard InChI is InChI=1S/C8H18N3/c1-4-10-6-9(3)7-11(5-2)8-10/h6H,4-5,7-8H2,1-3H3/q+1. The molecule has 0 radical (unpaired) electrons. The lowest BCUT2D eigenvalue weighted by Crippen LogP contribution is -2.46. The van der Waals surface area contributed by atoms with Gasteiger partial charge < -0.3 is 0 Å². The molecule has 0 spiro atoms. The molecular formula is C8H18N3+. The van der Waals surface area contributed by atoms with Crippen molar-refractivity contribution in [2.24, 2.45) is 0 Å². The molecule has 0 atom stereocenters. The van der Waals surface area contributed by atoms with Gasteiger partial charge in [0.25, 0.3) is 0 Å². The molecule has 11 heavy (non-hydrogen) atoms. The summed E-state index contributed by atoms with van der Waals surface area (Å²) in [5, 5.41) is 0. The van der Waals surface area contributed by atoms with E-state index in [1.807, 2.05) is 0 Å². The third kappa shape index (κ3) is 2.19. The summed E-state index contributed by atoms with van der Waals surface area (Å²) < 4.78 is 2.31. The van der Waals surface area contributed by atoms with Crippen molar-refractivity contribution < 1.29 is 4.58 Å². The van der Waals surface area contributed by atoms with Gasteiger partial charge in [-0.25, -0.2) is 4.90 Å². The average molecular weight is 156 g/mol. The first-order valence-corrected chi connectivity index (χ1v) is 4.28. The summed E-state index contributed by atoms with van der Waals surface area (Å²) in [6, 6.07) is 0. The van der Waals surface area contributed by atoms with E-state index >= 15 is 0 Å². The van der Waals surface area contributed by atoms with Crippen molar-refractivity contribution in [2.75, 3.05) is 33.5 Å². The lowest BCUT2D eigenvalue weighted by molar-refractivity contribution is -0.553. The minimum Gasteiger partial charge on any atom is -0.257 e. The second kappa shape index (κ2) is 3.72. The molecule has 0 aromatic heterocycles. The largest absolute Gasteiger partial charge is 0.257 e. The van der Waals surface area contributed by atoms with Gasteiger partial charge in [-0.3, -0.25) is 9.48 Å². The van der Waals surface area contributed by atoms with Crippen LogP contribution in [-0.4, -0.2) is 54.2 Å². The Bertz CT molecular complexity index is 153. The van der Waals surface area contributed by atoms with E-state index in [2.05, 4.69) is 41.6 Å².